The molecule has 2 N–H and O–H groups in total. The Morgan fingerprint density at radius 3 is 2.74 bits per heavy atom. The zero-order valence-corrected chi connectivity index (χ0v) is 10.5. The topological polar surface area (TPSA) is 48.4 Å². The van der Waals surface area contributed by atoms with Gasteiger partial charge < -0.3 is 14.9 Å². The SMILES string of the molecule is NCc1occc1COc1cccc2ccccc12. The molecule has 0 fully saturated rings. The summed E-state index contributed by atoms with van der Waals surface area (Å²) >= 11 is 0. The summed E-state index contributed by atoms with van der Waals surface area (Å²) in [6, 6.07) is 16.1. The molecular formula is C16H15NO2. The lowest BCUT2D eigenvalue weighted by Crippen LogP contribution is -2.02. The summed E-state index contributed by atoms with van der Waals surface area (Å²) in [6.07, 6.45) is 1.64. The maximum Gasteiger partial charge on any atom is 0.127 e. The zero-order chi connectivity index (χ0) is 13.1. The monoisotopic (exact) mass is 253 g/mol. The standard InChI is InChI=1S/C16H15NO2/c17-10-16-13(8-9-18-16)11-19-15-7-3-5-12-4-1-2-6-14(12)15/h1-9H,10-11,17H2. The third-order valence-corrected chi connectivity index (χ3v) is 3.16. The number of furan rings is 1. The van der Waals surface area contributed by atoms with Gasteiger partial charge in [-0.15, -0.1) is 0 Å². The first kappa shape index (κ1) is 11.8. The van der Waals surface area contributed by atoms with E-state index in [-0.39, 0.29) is 0 Å². The number of ether oxygens (including phenoxy) is 1. The fraction of sp³-hybridized carbons (Fsp3) is 0.125. The molecule has 0 saturated carbocycles. The Morgan fingerprint density at radius 2 is 1.84 bits per heavy atom. The van der Waals surface area contributed by atoms with Crippen LogP contribution in [0.15, 0.2) is 59.2 Å². The molecule has 3 heteroatoms. The van der Waals surface area contributed by atoms with Crippen molar-refractivity contribution in [3.63, 3.8) is 0 Å². The average molecular weight is 253 g/mol. The van der Waals surface area contributed by atoms with Gasteiger partial charge in [0.15, 0.2) is 0 Å². The molecule has 2 aromatic carbocycles. The summed E-state index contributed by atoms with van der Waals surface area (Å²) in [7, 11) is 0. The first-order chi connectivity index (χ1) is 9.38. The minimum atomic E-state index is 0.390. The first-order valence-corrected chi connectivity index (χ1v) is 6.24. The fourth-order valence-electron chi connectivity index (χ4n) is 2.15. The van der Waals surface area contributed by atoms with Crippen molar-refractivity contribution >= 4 is 10.8 Å². The summed E-state index contributed by atoms with van der Waals surface area (Å²) < 4.78 is 11.2. The van der Waals surface area contributed by atoms with Crippen LogP contribution in [0.1, 0.15) is 11.3 Å². The van der Waals surface area contributed by atoms with E-state index >= 15 is 0 Å². The summed E-state index contributed by atoms with van der Waals surface area (Å²) in [5.74, 6) is 1.66. The van der Waals surface area contributed by atoms with Crippen LogP contribution in [0, 0.1) is 0 Å². The van der Waals surface area contributed by atoms with Crippen LogP contribution >= 0.6 is 0 Å². The second-order valence-corrected chi connectivity index (χ2v) is 4.34. The quantitative estimate of drug-likeness (QED) is 0.774. The van der Waals surface area contributed by atoms with Gasteiger partial charge in [-0.25, -0.2) is 0 Å². The van der Waals surface area contributed by atoms with Crippen LogP contribution in [0.25, 0.3) is 10.8 Å². The largest absolute Gasteiger partial charge is 0.488 e. The molecule has 0 bridgehead atoms. The Kier molecular flexibility index (Phi) is 3.21. The number of hydrogen-bond donors (Lipinski definition) is 1. The Balaban J connectivity index is 1.86. The molecule has 3 rings (SSSR count). The molecule has 0 amide bonds. The van der Waals surface area contributed by atoms with E-state index in [1.54, 1.807) is 6.26 Å². The summed E-state index contributed by atoms with van der Waals surface area (Å²) in [5, 5.41) is 2.29. The highest BCUT2D eigenvalue weighted by atomic mass is 16.5. The van der Waals surface area contributed by atoms with E-state index < -0.39 is 0 Å². The Labute approximate surface area is 111 Å². The number of benzene rings is 2. The van der Waals surface area contributed by atoms with Crippen LogP contribution in [0.2, 0.25) is 0 Å². The first-order valence-electron chi connectivity index (χ1n) is 6.24. The van der Waals surface area contributed by atoms with E-state index in [1.807, 2.05) is 30.3 Å². The van der Waals surface area contributed by atoms with Crippen molar-refractivity contribution in [2.75, 3.05) is 0 Å². The Morgan fingerprint density at radius 1 is 1.00 bits per heavy atom. The summed E-state index contributed by atoms with van der Waals surface area (Å²) in [4.78, 5) is 0. The molecule has 1 heterocycles. The van der Waals surface area contributed by atoms with Crippen LogP contribution in [-0.2, 0) is 13.2 Å². The van der Waals surface area contributed by atoms with Gasteiger partial charge in [-0.2, -0.15) is 0 Å². The lowest BCUT2D eigenvalue weighted by atomic mass is 10.1. The summed E-state index contributed by atoms with van der Waals surface area (Å²) in [5.41, 5.74) is 6.60. The molecule has 0 aliphatic carbocycles. The normalized spacial score (nSPS) is 10.8. The van der Waals surface area contributed by atoms with Gasteiger partial charge in [0.2, 0.25) is 0 Å². The maximum absolute atomic E-state index is 5.89. The average Bonchev–Trinajstić information content (AvgIpc) is 2.92. The number of nitrogens with two attached hydrogens (primary N) is 1. The van der Waals surface area contributed by atoms with Crippen molar-refractivity contribution in [2.45, 2.75) is 13.2 Å². The molecule has 3 aromatic rings. The molecule has 0 unspecified atom stereocenters. The Hall–Kier alpha value is -2.26. The molecule has 19 heavy (non-hydrogen) atoms. The van der Waals surface area contributed by atoms with Crippen molar-refractivity contribution in [1.29, 1.82) is 0 Å². The number of hydrogen-bond acceptors (Lipinski definition) is 3. The predicted octanol–water partition coefficient (Wildman–Crippen LogP) is 3.47. The van der Waals surface area contributed by atoms with Gasteiger partial charge in [0.25, 0.3) is 0 Å². The van der Waals surface area contributed by atoms with E-state index in [9.17, 15) is 0 Å². The molecule has 0 radical (unpaired) electrons. The molecule has 96 valence electrons. The molecule has 0 atom stereocenters. The minimum Gasteiger partial charge on any atom is -0.488 e. The summed E-state index contributed by atoms with van der Waals surface area (Å²) in [6.45, 7) is 0.859. The van der Waals surface area contributed by atoms with Crippen LogP contribution in [-0.4, -0.2) is 0 Å². The van der Waals surface area contributed by atoms with Gasteiger partial charge in [-0.05, 0) is 17.5 Å². The van der Waals surface area contributed by atoms with Gasteiger partial charge in [0.05, 0.1) is 12.8 Å². The molecule has 0 aliphatic rings. The minimum absolute atomic E-state index is 0.390. The van der Waals surface area contributed by atoms with E-state index in [1.165, 1.54) is 5.39 Å². The predicted molar refractivity (Wildman–Crippen MR) is 74.9 cm³/mol. The zero-order valence-electron chi connectivity index (χ0n) is 10.5. The molecule has 0 aliphatic heterocycles. The third-order valence-electron chi connectivity index (χ3n) is 3.16. The van der Waals surface area contributed by atoms with E-state index in [0.717, 1.165) is 22.5 Å². The van der Waals surface area contributed by atoms with Crippen LogP contribution in [0.3, 0.4) is 0 Å². The Bertz CT molecular complexity index is 683. The molecule has 3 nitrogen and oxygen atoms in total. The molecule has 0 spiro atoms. The highest BCUT2D eigenvalue weighted by Crippen LogP contribution is 2.26. The van der Waals surface area contributed by atoms with Gasteiger partial charge >= 0.3 is 0 Å². The third kappa shape index (κ3) is 2.33. The second-order valence-electron chi connectivity index (χ2n) is 4.34. The van der Waals surface area contributed by atoms with Crippen molar-refractivity contribution < 1.29 is 9.15 Å². The van der Waals surface area contributed by atoms with Crippen LogP contribution in [0.4, 0.5) is 0 Å². The number of rotatable bonds is 4. The van der Waals surface area contributed by atoms with Crippen molar-refractivity contribution in [3.8, 4) is 5.75 Å². The lowest BCUT2D eigenvalue weighted by molar-refractivity contribution is 0.306. The van der Waals surface area contributed by atoms with E-state index in [0.29, 0.717) is 13.2 Å². The van der Waals surface area contributed by atoms with Crippen molar-refractivity contribution in [1.82, 2.24) is 0 Å². The maximum atomic E-state index is 5.89. The van der Waals surface area contributed by atoms with Gasteiger partial charge in [0, 0.05) is 10.9 Å². The lowest BCUT2D eigenvalue weighted by Gasteiger charge is -2.09. The molecule has 0 saturated heterocycles. The van der Waals surface area contributed by atoms with Crippen LogP contribution in [0.5, 0.6) is 5.75 Å². The van der Waals surface area contributed by atoms with Gasteiger partial charge in [0.1, 0.15) is 18.1 Å². The van der Waals surface area contributed by atoms with Gasteiger partial charge in [-0.1, -0.05) is 36.4 Å². The molecule has 1 aromatic heterocycles. The smallest absolute Gasteiger partial charge is 0.127 e. The second kappa shape index (κ2) is 5.16. The highest BCUT2D eigenvalue weighted by molar-refractivity contribution is 5.88. The fourth-order valence-corrected chi connectivity index (χ4v) is 2.15. The van der Waals surface area contributed by atoms with Crippen LogP contribution < -0.4 is 10.5 Å². The molecular weight excluding hydrogens is 238 g/mol. The van der Waals surface area contributed by atoms with E-state index in [4.69, 9.17) is 14.9 Å². The highest BCUT2D eigenvalue weighted by Gasteiger charge is 2.06. The number of fused-ring (bicyclic) bond motifs is 1. The van der Waals surface area contributed by atoms with E-state index in [2.05, 4.69) is 18.2 Å². The van der Waals surface area contributed by atoms with Crippen molar-refractivity contribution in [3.05, 3.63) is 66.1 Å². The van der Waals surface area contributed by atoms with Crippen molar-refractivity contribution in [2.24, 2.45) is 5.73 Å². The van der Waals surface area contributed by atoms with Gasteiger partial charge in [-0.3, -0.25) is 0 Å².